The second-order valence-electron chi connectivity index (χ2n) is 4.74. The van der Waals surface area contributed by atoms with Crippen LogP contribution in [0, 0.1) is 5.92 Å². The average molecular weight is 237 g/mol. The highest BCUT2D eigenvalue weighted by Gasteiger charge is 2.23. The fourth-order valence-corrected chi connectivity index (χ4v) is 1.72. The minimum absolute atomic E-state index is 0.123. The maximum Gasteiger partial charge on any atom is 0.253 e. The van der Waals surface area contributed by atoms with Gasteiger partial charge < -0.3 is 0 Å². The Morgan fingerprint density at radius 3 is 2.29 bits per heavy atom. The van der Waals surface area contributed by atoms with Gasteiger partial charge in [0.2, 0.25) is 0 Å². The van der Waals surface area contributed by atoms with E-state index >= 15 is 0 Å². The number of rotatable bonds is 7. The third-order valence-electron chi connectivity index (χ3n) is 2.75. The molecule has 94 valence electrons. The molecule has 0 atom stereocenters. The molecule has 0 unspecified atom stereocenters. The average Bonchev–Trinajstić information content (AvgIpc) is 2.55. The topological polar surface area (TPSA) is 54.5 Å². The molecule has 0 aromatic carbocycles. The molecule has 1 aliphatic heterocycles. The van der Waals surface area contributed by atoms with Gasteiger partial charge in [-0.2, -0.15) is 0 Å². The predicted molar refractivity (Wildman–Crippen MR) is 64.2 cm³/mol. The maximum absolute atomic E-state index is 11.5. The summed E-state index contributed by atoms with van der Waals surface area (Å²) in [5.74, 6) is 0.0989. The van der Waals surface area contributed by atoms with Crippen molar-refractivity contribution in [1.29, 1.82) is 0 Å². The Morgan fingerprint density at radius 2 is 1.76 bits per heavy atom. The monoisotopic (exact) mass is 237 g/mol. The first-order valence-corrected chi connectivity index (χ1v) is 6.06. The quantitative estimate of drug-likeness (QED) is 0.633. The van der Waals surface area contributed by atoms with Gasteiger partial charge >= 0.3 is 0 Å². The van der Waals surface area contributed by atoms with Crippen LogP contribution >= 0.6 is 0 Å². The zero-order chi connectivity index (χ0) is 12.8. The van der Waals surface area contributed by atoms with Crippen LogP contribution in [-0.4, -0.2) is 29.0 Å². The van der Waals surface area contributed by atoms with E-state index in [1.54, 1.807) is 0 Å². The Kier molecular flexibility index (Phi) is 5.07. The van der Waals surface area contributed by atoms with Gasteiger partial charge in [-0.15, -0.1) is 0 Å². The van der Waals surface area contributed by atoms with E-state index in [2.05, 4.69) is 13.8 Å². The first kappa shape index (κ1) is 13.6. The molecule has 1 aliphatic rings. The number of hydrogen-bond donors (Lipinski definition) is 0. The molecule has 0 aromatic rings. The maximum atomic E-state index is 11.5. The number of amides is 2. The van der Waals surface area contributed by atoms with Crippen LogP contribution in [0.1, 0.15) is 39.5 Å². The first-order chi connectivity index (χ1) is 8.00. The Bertz CT molecular complexity index is 327. The molecule has 0 saturated carbocycles. The lowest BCUT2D eigenvalue weighted by Gasteiger charge is -2.12. The molecule has 1 rings (SSSR count). The second-order valence-corrected chi connectivity index (χ2v) is 4.74. The normalized spacial score (nSPS) is 15.1. The van der Waals surface area contributed by atoms with Crippen LogP contribution in [0.4, 0.5) is 0 Å². The molecule has 0 spiro atoms. The van der Waals surface area contributed by atoms with Gasteiger partial charge in [0.05, 0.1) is 0 Å². The van der Waals surface area contributed by atoms with Gasteiger partial charge in [0, 0.05) is 31.5 Å². The Balaban J connectivity index is 2.20. The number of ketones is 1. The van der Waals surface area contributed by atoms with E-state index in [1.165, 1.54) is 12.2 Å². The fourth-order valence-electron chi connectivity index (χ4n) is 1.72. The highest BCUT2D eigenvalue weighted by Crippen LogP contribution is 2.09. The summed E-state index contributed by atoms with van der Waals surface area (Å²) in [6, 6.07) is 0. The summed E-state index contributed by atoms with van der Waals surface area (Å²) >= 11 is 0. The van der Waals surface area contributed by atoms with E-state index in [1.807, 2.05) is 0 Å². The third-order valence-corrected chi connectivity index (χ3v) is 2.75. The van der Waals surface area contributed by atoms with Gasteiger partial charge in [0.15, 0.2) is 0 Å². The molecule has 0 aromatic heterocycles. The van der Waals surface area contributed by atoms with Gasteiger partial charge in [-0.25, -0.2) is 0 Å². The largest absolute Gasteiger partial charge is 0.300 e. The molecule has 4 heteroatoms. The van der Waals surface area contributed by atoms with Crippen molar-refractivity contribution < 1.29 is 14.4 Å². The van der Waals surface area contributed by atoms with Crippen molar-refractivity contribution in [2.24, 2.45) is 5.92 Å². The summed E-state index contributed by atoms with van der Waals surface area (Å²) in [5.41, 5.74) is 0. The fraction of sp³-hybridized carbons (Fsp3) is 0.615. The highest BCUT2D eigenvalue weighted by molar-refractivity contribution is 6.13. The van der Waals surface area contributed by atoms with E-state index in [4.69, 9.17) is 0 Å². The Morgan fingerprint density at radius 1 is 1.18 bits per heavy atom. The molecule has 0 bridgehead atoms. The summed E-state index contributed by atoms with van der Waals surface area (Å²) in [4.78, 5) is 35.1. The lowest BCUT2D eigenvalue weighted by molar-refractivity contribution is -0.137. The number of carbonyl (C=O) groups excluding carboxylic acids is 3. The van der Waals surface area contributed by atoms with Crippen LogP contribution in [0.3, 0.4) is 0 Å². The van der Waals surface area contributed by atoms with E-state index in [9.17, 15) is 14.4 Å². The van der Waals surface area contributed by atoms with Gasteiger partial charge in [-0.3, -0.25) is 19.3 Å². The third kappa shape index (κ3) is 4.51. The van der Waals surface area contributed by atoms with Crippen LogP contribution < -0.4 is 0 Å². The van der Waals surface area contributed by atoms with Crippen LogP contribution in [0.25, 0.3) is 0 Å². The molecule has 1 heterocycles. The SMILES string of the molecule is CC(C)CCCC(=O)CCN1C(=O)C=CC1=O. The second kappa shape index (κ2) is 6.33. The first-order valence-electron chi connectivity index (χ1n) is 6.06. The van der Waals surface area contributed by atoms with E-state index in [-0.39, 0.29) is 30.6 Å². The van der Waals surface area contributed by atoms with Gasteiger partial charge in [0.25, 0.3) is 11.8 Å². The highest BCUT2D eigenvalue weighted by atomic mass is 16.2. The molecule has 0 radical (unpaired) electrons. The van der Waals surface area contributed by atoms with Crippen LogP contribution in [0.5, 0.6) is 0 Å². The van der Waals surface area contributed by atoms with Crippen molar-refractivity contribution in [2.45, 2.75) is 39.5 Å². The van der Waals surface area contributed by atoms with E-state index in [0.29, 0.717) is 12.3 Å². The zero-order valence-corrected chi connectivity index (χ0v) is 10.4. The summed E-state index contributed by atoms with van der Waals surface area (Å²) in [7, 11) is 0. The number of Topliss-reactive ketones (excluding diaryl/α,β-unsaturated/α-hetero) is 1. The Labute approximate surface area is 102 Å². The predicted octanol–water partition coefficient (Wildman–Crippen LogP) is 1.70. The van der Waals surface area contributed by atoms with Gasteiger partial charge in [-0.05, 0) is 12.3 Å². The molecule has 17 heavy (non-hydrogen) atoms. The van der Waals surface area contributed by atoms with Crippen LogP contribution in [0.15, 0.2) is 12.2 Å². The van der Waals surface area contributed by atoms with E-state index < -0.39 is 0 Å². The summed E-state index contributed by atoms with van der Waals surface area (Å²) in [5, 5.41) is 0. The van der Waals surface area contributed by atoms with Gasteiger partial charge in [0.1, 0.15) is 5.78 Å². The zero-order valence-electron chi connectivity index (χ0n) is 10.4. The molecule has 0 fully saturated rings. The molecule has 4 nitrogen and oxygen atoms in total. The minimum atomic E-state index is -0.315. The molecule has 0 N–H and O–H groups in total. The summed E-state index contributed by atoms with van der Waals surface area (Å²) in [6.07, 6.45) is 5.22. The number of nitrogens with zero attached hydrogens (tertiary/aromatic N) is 1. The van der Waals surface area contributed by atoms with Crippen LogP contribution in [0.2, 0.25) is 0 Å². The van der Waals surface area contributed by atoms with Crippen molar-refractivity contribution in [1.82, 2.24) is 4.90 Å². The lowest BCUT2D eigenvalue weighted by Crippen LogP contribution is -2.32. The van der Waals surface area contributed by atoms with Crippen molar-refractivity contribution in [3.05, 3.63) is 12.2 Å². The van der Waals surface area contributed by atoms with Crippen molar-refractivity contribution in [3.8, 4) is 0 Å². The van der Waals surface area contributed by atoms with Crippen molar-refractivity contribution in [3.63, 3.8) is 0 Å². The minimum Gasteiger partial charge on any atom is -0.300 e. The lowest BCUT2D eigenvalue weighted by atomic mass is 10.0. The molecular formula is C13H19NO3. The smallest absolute Gasteiger partial charge is 0.253 e. The number of carbonyl (C=O) groups is 3. The van der Waals surface area contributed by atoms with Crippen LogP contribution in [-0.2, 0) is 14.4 Å². The standard InChI is InChI=1S/C13H19NO3/c1-10(2)4-3-5-11(15)8-9-14-12(16)6-7-13(14)17/h6-7,10H,3-5,8-9H2,1-2H3. The van der Waals surface area contributed by atoms with Gasteiger partial charge in [-0.1, -0.05) is 20.3 Å². The number of hydrogen-bond acceptors (Lipinski definition) is 3. The molecular weight excluding hydrogens is 218 g/mol. The molecule has 0 saturated heterocycles. The molecule has 0 aliphatic carbocycles. The number of imide groups is 1. The summed E-state index contributed by atoms with van der Waals surface area (Å²) in [6.45, 7) is 4.46. The van der Waals surface area contributed by atoms with Crippen molar-refractivity contribution >= 4 is 17.6 Å². The Hall–Kier alpha value is -1.45. The van der Waals surface area contributed by atoms with E-state index in [0.717, 1.165) is 17.7 Å². The van der Waals surface area contributed by atoms with Crippen molar-refractivity contribution in [2.75, 3.05) is 6.54 Å². The summed E-state index contributed by atoms with van der Waals surface area (Å²) < 4.78 is 0. The molecule has 2 amide bonds.